The van der Waals surface area contributed by atoms with Gasteiger partial charge in [-0.1, -0.05) is 188 Å². The molecule has 12 aromatic carbocycles. The molecule has 0 saturated heterocycles. The summed E-state index contributed by atoms with van der Waals surface area (Å²) in [5.41, 5.74) is 12.3. The SMILES string of the molecule is c1ccc(-c2c(-c3ccccc3)c3cc(-c4cccc(N(c5ccc6oc7c8ccccc8ccc7c6c5)c5cc6ccccc6c6ccccc56)c4)ccc3c3ccccc23)cc1. The molecule has 0 radical (unpaired) electrons. The second kappa shape index (κ2) is 14.6. The van der Waals surface area contributed by atoms with Crippen molar-refractivity contribution in [1.82, 2.24) is 0 Å². The summed E-state index contributed by atoms with van der Waals surface area (Å²) < 4.78 is 6.64. The summed E-state index contributed by atoms with van der Waals surface area (Å²) in [6.45, 7) is 0. The van der Waals surface area contributed by atoms with E-state index in [1.54, 1.807) is 0 Å². The zero-order chi connectivity index (χ0) is 42.1. The van der Waals surface area contributed by atoms with Gasteiger partial charge >= 0.3 is 0 Å². The van der Waals surface area contributed by atoms with Gasteiger partial charge in [-0.15, -0.1) is 0 Å². The summed E-state index contributed by atoms with van der Waals surface area (Å²) in [6, 6.07) is 86.2. The molecule has 0 atom stereocenters. The minimum Gasteiger partial charge on any atom is -0.455 e. The molecule has 0 N–H and O–H groups in total. The van der Waals surface area contributed by atoms with Gasteiger partial charge in [-0.3, -0.25) is 0 Å². The number of furan rings is 1. The van der Waals surface area contributed by atoms with Crippen LogP contribution in [0.1, 0.15) is 0 Å². The zero-order valence-corrected chi connectivity index (χ0v) is 34.9. The summed E-state index contributed by atoms with van der Waals surface area (Å²) in [7, 11) is 0. The molecule has 1 aromatic heterocycles. The Kier molecular flexibility index (Phi) is 8.25. The first-order valence-corrected chi connectivity index (χ1v) is 22.0. The standard InChI is InChI=1S/C62H39NO/c1-3-17-41(18-4-1)60-54-29-14-12-27-51(54)52-33-31-44(37-57(52)61(60)42-19-5-2-6-20-42)43-22-15-23-46(36-43)63(58-38-45-21-8-9-24-48(45)50-26-11-13-28-53(50)58)47-32-35-59-56(39-47)55-34-30-40-16-7-10-25-49(40)62(55)64-59/h1-39H. The summed E-state index contributed by atoms with van der Waals surface area (Å²) >= 11 is 0. The average molecular weight is 814 g/mol. The third-order valence-corrected chi connectivity index (χ3v) is 13.2. The Hall–Kier alpha value is -8.46. The lowest BCUT2D eigenvalue weighted by atomic mass is 9.84. The van der Waals surface area contributed by atoms with Gasteiger partial charge in [-0.05, 0) is 125 Å². The summed E-state index contributed by atoms with van der Waals surface area (Å²) in [4.78, 5) is 2.44. The maximum absolute atomic E-state index is 6.64. The highest BCUT2D eigenvalue weighted by Gasteiger charge is 2.22. The molecule has 0 aliphatic heterocycles. The topological polar surface area (TPSA) is 16.4 Å². The van der Waals surface area contributed by atoms with Gasteiger partial charge in [0, 0.05) is 32.9 Å². The third-order valence-electron chi connectivity index (χ3n) is 13.2. The lowest BCUT2D eigenvalue weighted by Gasteiger charge is -2.28. The smallest absolute Gasteiger partial charge is 0.143 e. The first-order valence-electron chi connectivity index (χ1n) is 22.0. The Balaban J connectivity index is 1.06. The van der Waals surface area contributed by atoms with Crippen molar-refractivity contribution in [2.45, 2.75) is 0 Å². The fraction of sp³-hybridized carbons (Fsp3) is 0. The molecule has 0 aliphatic carbocycles. The van der Waals surface area contributed by atoms with Crippen LogP contribution in [0.25, 0.3) is 109 Å². The number of fused-ring (bicyclic) bond motifs is 11. The molecule has 13 rings (SSSR count). The minimum atomic E-state index is 0.875. The number of hydrogen-bond donors (Lipinski definition) is 0. The van der Waals surface area contributed by atoms with Crippen LogP contribution in [0.15, 0.2) is 241 Å². The highest BCUT2D eigenvalue weighted by Crippen LogP contribution is 2.48. The van der Waals surface area contributed by atoms with Crippen LogP contribution in [0, 0.1) is 0 Å². The fourth-order valence-corrected chi connectivity index (χ4v) is 10.3. The van der Waals surface area contributed by atoms with E-state index in [0.29, 0.717) is 0 Å². The summed E-state index contributed by atoms with van der Waals surface area (Å²) in [6.07, 6.45) is 0. The van der Waals surface area contributed by atoms with E-state index in [0.717, 1.165) is 55.5 Å². The highest BCUT2D eigenvalue weighted by atomic mass is 16.3. The maximum atomic E-state index is 6.64. The monoisotopic (exact) mass is 813 g/mol. The first-order chi connectivity index (χ1) is 31.7. The van der Waals surface area contributed by atoms with E-state index in [2.05, 4.69) is 241 Å². The van der Waals surface area contributed by atoms with Gasteiger partial charge in [0.15, 0.2) is 0 Å². The molecule has 0 amide bonds. The largest absolute Gasteiger partial charge is 0.455 e. The van der Waals surface area contributed by atoms with Gasteiger partial charge in [-0.2, -0.15) is 0 Å². The van der Waals surface area contributed by atoms with Gasteiger partial charge in [0.2, 0.25) is 0 Å². The van der Waals surface area contributed by atoms with E-state index >= 15 is 0 Å². The number of anilines is 3. The van der Waals surface area contributed by atoms with Crippen molar-refractivity contribution in [1.29, 1.82) is 0 Å². The Morgan fingerprint density at radius 1 is 0.266 bits per heavy atom. The molecule has 64 heavy (non-hydrogen) atoms. The molecule has 1 heterocycles. The molecule has 0 spiro atoms. The lowest BCUT2D eigenvalue weighted by molar-refractivity contribution is 0.672. The van der Waals surface area contributed by atoms with Crippen molar-refractivity contribution in [3.8, 4) is 33.4 Å². The van der Waals surface area contributed by atoms with Crippen LogP contribution in [0.3, 0.4) is 0 Å². The molecule has 0 unspecified atom stereocenters. The van der Waals surface area contributed by atoms with E-state index in [4.69, 9.17) is 4.42 Å². The molecule has 298 valence electrons. The van der Waals surface area contributed by atoms with Crippen LogP contribution in [0.4, 0.5) is 17.1 Å². The summed E-state index contributed by atoms with van der Waals surface area (Å²) in [5.74, 6) is 0. The van der Waals surface area contributed by atoms with Gasteiger partial charge in [0.1, 0.15) is 11.2 Å². The van der Waals surface area contributed by atoms with Crippen LogP contribution >= 0.6 is 0 Å². The average Bonchev–Trinajstić information content (AvgIpc) is 3.75. The number of benzene rings is 12. The van der Waals surface area contributed by atoms with E-state index < -0.39 is 0 Å². The van der Waals surface area contributed by atoms with Gasteiger partial charge < -0.3 is 9.32 Å². The molecular formula is C62H39NO. The number of hydrogen-bond acceptors (Lipinski definition) is 2. The van der Waals surface area contributed by atoms with E-state index in [9.17, 15) is 0 Å². The Bertz CT molecular complexity index is 3960. The van der Waals surface area contributed by atoms with Crippen molar-refractivity contribution < 1.29 is 4.42 Å². The van der Waals surface area contributed by atoms with Crippen LogP contribution in [-0.4, -0.2) is 0 Å². The van der Waals surface area contributed by atoms with Crippen molar-refractivity contribution in [2.24, 2.45) is 0 Å². The maximum Gasteiger partial charge on any atom is 0.143 e. The van der Waals surface area contributed by atoms with E-state index in [-0.39, 0.29) is 0 Å². The number of rotatable bonds is 6. The molecular weight excluding hydrogens is 775 g/mol. The van der Waals surface area contributed by atoms with Crippen molar-refractivity contribution in [2.75, 3.05) is 4.90 Å². The second-order valence-corrected chi connectivity index (χ2v) is 16.8. The Morgan fingerprint density at radius 2 is 0.812 bits per heavy atom. The molecule has 13 aromatic rings. The molecule has 0 fully saturated rings. The predicted octanol–water partition coefficient (Wildman–Crippen LogP) is 17.8. The minimum absolute atomic E-state index is 0.875. The second-order valence-electron chi connectivity index (χ2n) is 16.8. The Morgan fingerprint density at radius 3 is 1.58 bits per heavy atom. The normalized spacial score (nSPS) is 11.8. The van der Waals surface area contributed by atoms with Crippen molar-refractivity contribution in [3.63, 3.8) is 0 Å². The molecule has 0 aliphatic rings. The van der Waals surface area contributed by atoms with E-state index in [1.807, 2.05) is 0 Å². The Labute approximate surface area is 370 Å². The van der Waals surface area contributed by atoms with Crippen LogP contribution < -0.4 is 4.90 Å². The first kappa shape index (κ1) is 36.2. The molecule has 2 heteroatoms. The molecule has 2 nitrogen and oxygen atoms in total. The predicted molar refractivity (Wildman–Crippen MR) is 272 cm³/mol. The number of nitrogens with zero attached hydrogens (tertiary/aromatic N) is 1. The fourth-order valence-electron chi connectivity index (χ4n) is 10.3. The summed E-state index contributed by atoms with van der Waals surface area (Å²) in [5, 5.41) is 14.3. The lowest BCUT2D eigenvalue weighted by Crippen LogP contribution is -2.10. The molecule has 0 bridgehead atoms. The third kappa shape index (κ3) is 5.73. The zero-order valence-electron chi connectivity index (χ0n) is 34.9. The van der Waals surface area contributed by atoms with Crippen LogP contribution in [-0.2, 0) is 0 Å². The van der Waals surface area contributed by atoms with Crippen molar-refractivity contribution in [3.05, 3.63) is 237 Å². The molecule has 0 saturated carbocycles. The van der Waals surface area contributed by atoms with Crippen molar-refractivity contribution >= 4 is 92.9 Å². The van der Waals surface area contributed by atoms with Gasteiger partial charge in [-0.25, -0.2) is 0 Å². The quantitative estimate of drug-likeness (QED) is 0.156. The van der Waals surface area contributed by atoms with Crippen LogP contribution in [0.2, 0.25) is 0 Å². The highest BCUT2D eigenvalue weighted by molar-refractivity contribution is 6.22. The van der Waals surface area contributed by atoms with E-state index in [1.165, 1.54) is 70.7 Å². The van der Waals surface area contributed by atoms with Gasteiger partial charge in [0.05, 0.1) is 5.69 Å². The van der Waals surface area contributed by atoms with Crippen LogP contribution in [0.5, 0.6) is 0 Å². The van der Waals surface area contributed by atoms with Gasteiger partial charge in [0.25, 0.3) is 0 Å².